The Labute approximate surface area is 196 Å². The van der Waals surface area contributed by atoms with Crippen LogP contribution in [0.15, 0.2) is 42.5 Å². The summed E-state index contributed by atoms with van der Waals surface area (Å²) in [5, 5.41) is 5.61. The lowest BCUT2D eigenvalue weighted by Gasteiger charge is -2.30. The number of nitrogens with one attached hydrogen (secondary N) is 2. The molecular formula is C25H35N3O5. The second-order valence-electron chi connectivity index (χ2n) is 7.47. The Morgan fingerprint density at radius 1 is 0.909 bits per heavy atom. The van der Waals surface area contributed by atoms with E-state index in [0.29, 0.717) is 29.4 Å². The molecule has 0 spiro atoms. The quantitative estimate of drug-likeness (QED) is 0.481. The van der Waals surface area contributed by atoms with Gasteiger partial charge in [-0.05, 0) is 37.2 Å². The first-order chi connectivity index (χ1) is 16.0. The summed E-state index contributed by atoms with van der Waals surface area (Å²) in [6.07, 6.45) is 0.834. The highest BCUT2D eigenvalue weighted by atomic mass is 16.5. The monoisotopic (exact) mass is 457 g/mol. The van der Waals surface area contributed by atoms with E-state index in [0.717, 1.165) is 19.5 Å². The fourth-order valence-corrected chi connectivity index (χ4v) is 3.73. The van der Waals surface area contributed by atoms with Crippen molar-refractivity contribution in [1.29, 1.82) is 0 Å². The number of hydrogen-bond donors (Lipinski definition) is 2. The van der Waals surface area contributed by atoms with Crippen LogP contribution in [0.25, 0.3) is 0 Å². The van der Waals surface area contributed by atoms with Crippen LogP contribution in [0.1, 0.15) is 29.8 Å². The molecule has 8 heteroatoms. The summed E-state index contributed by atoms with van der Waals surface area (Å²) in [6, 6.07) is 13.5. The summed E-state index contributed by atoms with van der Waals surface area (Å²) in [7, 11) is 4.45. The van der Waals surface area contributed by atoms with Crippen molar-refractivity contribution >= 4 is 11.8 Å². The molecule has 0 aliphatic rings. The third-order valence-corrected chi connectivity index (χ3v) is 5.51. The molecule has 0 aliphatic heterocycles. The van der Waals surface area contributed by atoms with Crippen LogP contribution in [0.4, 0.5) is 0 Å². The summed E-state index contributed by atoms with van der Waals surface area (Å²) in [5.74, 6) is 0.481. The zero-order chi connectivity index (χ0) is 24.2. The number of methoxy groups -OCH3 is 3. The van der Waals surface area contributed by atoms with Crippen molar-refractivity contribution in [3.8, 4) is 17.2 Å². The predicted octanol–water partition coefficient (Wildman–Crippen LogP) is 2.51. The van der Waals surface area contributed by atoms with Gasteiger partial charge in [0.1, 0.15) is 0 Å². The lowest BCUT2D eigenvalue weighted by molar-refractivity contribution is -0.120. The molecule has 180 valence electrons. The van der Waals surface area contributed by atoms with E-state index in [1.54, 1.807) is 12.1 Å². The van der Waals surface area contributed by atoms with Gasteiger partial charge in [-0.2, -0.15) is 0 Å². The van der Waals surface area contributed by atoms with Gasteiger partial charge in [0.05, 0.1) is 27.9 Å². The maximum atomic E-state index is 12.6. The summed E-state index contributed by atoms with van der Waals surface area (Å²) in [5.41, 5.74) is 1.53. The number of carbonyl (C=O) groups is 2. The van der Waals surface area contributed by atoms with E-state index >= 15 is 0 Å². The van der Waals surface area contributed by atoms with Crippen LogP contribution < -0.4 is 24.8 Å². The molecule has 0 radical (unpaired) electrons. The zero-order valence-corrected chi connectivity index (χ0v) is 20.1. The predicted molar refractivity (Wildman–Crippen MR) is 128 cm³/mol. The van der Waals surface area contributed by atoms with E-state index in [1.807, 2.05) is 18.2 Å². The molecule has 2 N–H and O–H groups in total. The first-order valence-corrected chi connectivity index (χ1v) is 11.1. The van der Waals surface area contributed by atoms with Crippen molar-refractivity contribution in [1.82, 2.24) is 15.5 Å². The number of amides is 2. The number of rotatable bonds is 13. The number of ether oxygens (including phenoxy) is 3. The van der Waals surface area contributed by atoms with Gasteiger partial charge >= 0.3 is 0 Å². The van der Waals surface area contributed by atoms with Crippen LogP contribution in [0, 0.1) is 0 Å². The average molecular weight is 458 g/mol. The molecule has 2 aromatic rings. The van der Waals surface area contributed by atoms with Gasteiger partial charge in [0.15, 0.2) is 11.5 Å². The Morgan fingerprint density at radius 3 is 2.03 bits per heavy atom. The second kappa shape index (κ2) is 13.3. The fourth-order valence-electron chi connectivity index (χ4n) is 3.73. The van der Waals surface area contributed by atoms with E-state index in [1.165, 1.54) is 26.9 Å². The van der Waals surface area contributed by atoms with Crippen LogP contribution in [0.2, 0.25) is 0 Å². The molecule has 2 amide bonds. The summed E-state index contributed by atoms with van der Waals surface area (Å²) < 4.78 is 15.8. The van der Waals surface area contributed by atoms with Crippen molar-refractivity contribution in [2.75, 3.05) is 47.5 Å². The number of hydrogen-bond acceptors (Lipinski definition) is 6. The highest BCUT2D eigenvalue weighted by Crippen LogP contribution is 2.38. The van der Waals surface area contributed by atoms with Gasteiger partial charge in [0.2, 0.25) is 11.7 Å². The number of likely N-dealkylation sites (N-methyl/N-ethyl adjacent to an activating group) is 1. The number of benzene rings is 2. The van der Waals surface area contributed by atoms with Gasteiger partial charge in [-0.15, -0.1) is 0 Å². The van der Waals surface area contributed by atoms with Gasteiger partial charge in [-0.25, -0.2) is 0 Å². The number of carbonyl (C=O) groups excluding carboxylic acids is 2. The summed E-state index contributed by atoms with van der Waals surface area (Å²) >= 11 is 0. The van der Waals surface area contributed by atoms with E-state index in [-0.39, 0.29) is 18.5 Å². The molecule has 0 fully saturated rings. The van der Waals surface area contributed by atoms with Gasteiger partial charge in [0, 0.05) is 18.2 Å². The minimum atomic E-state index is -0.408. The van der Waals surface area contributed by atoms with E-state index < -0.39 is 5.91 Å². The highest BCUT2D eigenvalue weighted by Gasteiger charge is 2.19. The van der Waals surface area contributed by atoms with Crippen LogP contribution in [0.3, 0.4) is 0 Å². The molecule has 0 aromatic heterocycles. The first kappa shape index (κ1) is 26.0. The zero-order valence-electron chi connectivity index (χ0n) is 20.1. The Kier molecular flexibility index (Phi) is 10.5. The summed E-state index contributed by atoms with van der Waals surface area (Å²) in [6.45, 7) is 6.37. The molecular weight excluding hydrogens is 422 g/mol. The maximum Gasteiger partial charge on any atom is 0.251 e. The molecule has 1 unspecified atom stereocenters. The van der Waals surface area contributed by atoms with Gasteiger partial charge in [-0.1, -0.05) is 44.2 Å². The van der Waals surface area contributed by atoms with Crippen LogP contribution in [-0.2, 0) is 11.2 Å². The lowest BCUT2D eigenvalue weighted by Crippen LogP contribution is -2.47. The smallest absolute Gasteiger partial charge is 0.251 e. The third kappa shape index (κ3) is 7.39. The van der Waals surface area contributed by atoms with Crippen molar-refractivity contribution in [3.63, 3.8) is 0 Å². The van der Waals surface area contributed by atoms with Gasteiger partial charge in [0.25, 0.3) is 5.91 Å². The van der Waals surface area contributed by atoms with E-state index in [9.17, 15) is 9.59 Å². The van der Waals surface area contributed by atoms with Crippen LogP contribution >= 0.6 is 0 Å². The fraction of sp³-hybridized carbons (Fsp3) is 0.440. The molecule has 8 nitrogen and oxygen atoms in total. The maximum absolute atomic E-state index is 12.6. The molecule has 0 saturated heterocycles. The molecule has 2 rings (SSSR count). The van der Waals surface area contributed by atoms with Crippen molar-refractivity contribution in [3.05, 3.63) is 53.6 Å². The van der Waals surface area contributed by atoms with Crippen molar-refractivity contribution < 1.29 is 23.8 Å². The largest absolute Gasteiger partial charge is 0.493 e. The SMILES string of the molecule is CCN(CC)C(CNC(=O)CNC(=O)c1cc(OC)c(OC)c(OC)c1)Cc1ccccc1. The average Bonchev–Trinajstić information content (AvgIpc) is 2.85. The molecule has 0 saturated carbocycles. The Hall–Kier alpha value is -3.26. The minimum absolute atomic E-state index is 0.133. The summed E-state index contributed by atoms with van der Waals surface area (Å²) in [4.78, 5) is 27.4. The van der Waals surface area contributed by atoms with Crippen LogP contribution in [0.5, 0.6) is 17.2 Å². The van der Waals surface area contributed by atoms with E-state index in [2.05, 4.69) is 41.5 Å². The number of nitrogens with zero attached hydrogens (tertiary/aromatic N) is 1. The Morgan fingerprint density at radius 2 is 1.52 bits per heavy atom. The standard InChI is InChI=1S/C25H35N3O5/c1-6-28(7-2)20(13-18-11-9-8-10-12-18)16-26-23(29)17-27-25(30)19-14-21(31-3)24(33-5)22(15-19)32-4/h8-12,14-15,20H,6-7,13,16-17H2,1-5H3,(H,26,29)(H,27,30). The van der Waals surface area contributed by atoms with E-state index in [4.69, 9.17) is 14.2 Å². The van der Waals surface area contributed by atoms with Gasteiger partial charge < -0.3 is 24.8 Å². The Bertz CT molecular complexity index is 875. The molecule has 2 aromatic carbocycles. The first-order valence-electron chi connectivity index (χ1n) is 11.1. The minimum Gasteiger partial charge on any atom is -0.493 e. The van der Waals surface area contributed by atoms with Crippen molar-refractivity contribution in [2.45, 2.75) is 26.3 Å². The second-order valence-corrected chi connectivity index (χ2v) is 7.47. The van der Waals surface area contributed by atoms with Crippen molar-refractivity contribution in [2.24, 2.45) is 0 Å². The molecule has 0 aliphatic carbocycles. The highest BCUT2D eigenvalue weighted by molar-refractivity contribution is 5.97. The lowest BCUT2D eigenvalue weighted by atomic mass is 10.0. The molecule has 0 bridgehead atoms. The molecule has 0 heterocycles. The van der Waals surface area contributed by atoms with Crippen LogP contribution in [-0.4, -0.2) is 70.3 Å². The third-order valence-electron chi connectivity index (χ3n) is 5.51. The molecule has 33 heavy (non-hydrogen) atoms. The topological polar surface area (TPSA) is 89.1 Å². The van der Waals surface area contributed by atoms with Gasteiger partial charge in [-0.3, -0.25) is 14.5 Å². The normalized spacial score (nSPS) is 11.6. The Balaban J connectivity index is 1.97. The molecule has 1 atom stereocenters.